The molecule has 3 heteroatoms. The molecule has 1 aliphatic carbocycles. The minimum Gasteiger partial charge on any atom is -0.399 e. The summed E-state index contributed by atoms with van der Waals surface area (Å²) < 4.78 is 0. The zero-order valence-electron chi connectivity index (χ0n) is 11.5. The highest BCUT2D eigenvalue weighted by Crippen LogP contribution is 2.40. The van der Waals surface area contributed by atoms with E-state index in [9.17, 15) is 4.79 Å². The van der Waals surface area contributed by atoms with Crippen LogP contribution in [0.15, 0.2) is 48.5 Å². The van der Waals surface area contributed by atoms with Crippen LogP contribution in [0.4, 0.5) is 5.69 Å². The van der Waals surface area contributed by atoms with Gasteiger partial charge in [0.05, 0.1) is 0 Å². The van der Waals surface area contributed by atoms with Crippen LogP contribution in [0.5, 0.6) is 0 Å². The number of hydrogen-bond donors (Lipinski definition) is 2. The SMILES string of the molecule is Cc1cc(N)ccc1C(=O)NC1CC1c1ccccc1. The third kappa shape index (κ3) is 2.52. The Morgan fingerprint density at radius 2 is 1.95 bits per heavy atom. The summed E-state index contributed by atoms with van der Waals surface area (Å²) in [5, 5.41) is 3.10. The first-order chi connectivity index (χ1) is 9.65. The molecule has 0 aliphatic heterocycles. The molecule has 2 unspecified atom stereocenters. The maximum atomic E-state index is 12.3. The maximum Gasteiger partial charge on any atom is 0.251 e. The summed E-state index contributed by atoms with van der Waals surface area (Å²) in [4.78, 5) is 12.3. The smallest absolute Gasteiger partial charge is 0.251 e. The lowest BCUT2D eigenvalue weighted by atomic mass is 10.1. The van der Waals surface area contributed by atoms with Gasteiger partial charge in [0.2, 0.25) is 0 Å². The zero-order chi connectivity index (χ0) is 14.1. The van der Waals surface area contributed by atoms with Gasteiger partial charge in [-0.1, -0.05) is 30.3 Å². The van der Waals surface area contributed by atoms with Gasteiger partial charge in [-0.15, -0.1) is 0 Å². The Bertz CT molecular complexity index is 637. The minimum absolute atomic E-state index is 0.00840. The number of aryl methyl sites for hydroxylation is 1. The number of nitrogen functional groups attached to an aromatic ring is 1. The second kappa shape index (κ2) is 5.00. The fraction of sp³-hybridized carbons (Fsp3) is 0.235. The van der Waals surface area contributed by atoms with Crippen molar-refractivity contribution in [3.05, 3.63) is 65.2 Å². The number of benzene rings is 2. The van der Waals surface area contributed by atoms with Crippen LogP contribution in [0.2, 0.25) is 0 Å². The zero-order valence-corrected chi connectivity index (χ0v) is 11.5. The summed E-state index contributed by atoms with van der Waals surface area (Å²) in [5.41, 5.74) is 9.32. The number of nitrogens with one attached hydrogen (secondary N) is 1. The first-order valence-electron chi connectivity index (χ1n) is 6.87. The highest BCUT2D eigenvalue weighted by molar-refractivity contribution is 5.96. The van der Waals surface area contributed by atoms with Gasteiger partial charge in [-0.2, -0.15) is 0 Å². The fourth-order valence-electron chi connectivity index (χ4n) is 2.61. The van der Waals surface area contributed by atoms with Gasteiger partial charge in [0, 0.05) is 23.2 Å². The highest BCUT2D eigenvalue weighted by atomic mass is 16.1. The lowest BCUT2D eigenvalue weighted by molar-refractivity contribution is 0.0949. The van der Waals surface area contributed by atoms with Crippen molar-refractivity contribution >= 4 is 11.6 Å². The fourth-order valence-corrected chi connectivity index (χ4v) is 2.61. The summed E-state index contributed by atoms with van der Waals surface area (Å²) in [6.07, 6.45) is 1.02. The molecule has 3 nitrogen and oxygen atoms in total. The van der Waals surface area contributed by atoms with Crippen molar-refractivity contribution in [1.82, 2.24) is 5.32 Å². The van der Waals surface area contributed by atoms with Crippen molar-refractivity contribution < 1.29 is 4.79 Å². The standard InChI is InChI=1S/C17H18N2O/c1-11-9-13(18)7-8-14(11)17(20)19-16-10-15(16)12-5-3-2-4-6-12/h2-9,15-16H,10,18H2,1H3,(H,19,20). The number of nitrogens with two attached hydrogens (primary N) is 1. The molecule has 0 saturated heterocycles. The van der Waals surface area contributed by atoms with Crippen LogP contribution < -0.4 is 11.1 Å². The van der Waals surface area contributed by atoms with Crippen LogP contribution in [-0.2, 0) is 0 Å². The monoisotopic (exact) mass is 266 g/mol. The van der Waals surface area contributed by atoms with Crippen LogP contribution in [0.25, 0.3) is 0 Å². The van der Waals surface area contributed by atoms with Gasteiger partial charge in [0.1, 0.15) is 0 Å². The van der Waals surface area contributed by atoms with Crippen molar-refractivity contribution in [2.45, 2.75) is 25.3 Å². The lowest BCUT2D eigenvalue weighted by Crippen LogP contribution is -2.27. The molecule has 1 saturated carbocycles. The predicted octanol–water partition coefficient (Wildman–Crippen LogP) is 2.86. The van der Waals surface area contributed by atoms with E-state index in [1.807, 2.05) is 31.2 Å². The Kier molecular flexibility index (Phi) is 3.18. The first kappa shape index (κ1) is 12.7. The topological polar surface area (TPSA) is 55.1 Å². The molecule has 0 spiro atoms. The van der Waals surface area contributed by atoms with Gasteiger partial charge in [0.25, 0.3) is 5.91 Å². The third-order valence-corrected chi connectivity index (χ3v) is 3.83. The van der Waals surface area contributed by atoms with Crippen LogP contribution in [-0.4, -0.2) is 11.9 Å². The number of anilines is 1. The molecule has 2 aromatic carbocycles. The molecule has 2 aromatic rings. The Morgan fingerprint density at radius 3 is 2.65 bits per heavy atom. The van der Waals surface area contributed by atoms with E-state index >= 15 is 0 Å². The molecule has 102 valence electrons. The molecule has 0 heterocycles. The molecule has 0 radical (unpaired) electrons. The molecule has 1 fully saturated rings. The molecule has 20 heavy (non-hydrogen) atoms. The molecule has 3 rings (SSSR count). The molecule has 1 aliphatic rings. The molecule has 3 N–H and O–H groups in total. The third-order valence-electron chi connectivity index (χ3n) is 3.83. The van der Waals surface area contributed by atoms with Crippen molar-refractivity contribution in [1.29, 1.82) is 0 Å². The van der Waals surface area contributed by atoms with Gasteiger partial charge in [0.15, 0.2) is 0 Å². The van der Waals surface area contributed by atoms with E-state index < -0.39 is 0 Å². The Balaban J connectivity index is 1.66. The minimum atomic E-state index is -0.00840. The normalized spacial score (nSPS) is 20.4. The largest absolute Gasteiger partial charge is 0.399 e. The van der Waals surface area contributed by atoms with Crippen molar-refractivity contribution in [3.8, 4) is 0 Å². The van der Waals surface area contributed by atoms with E-state index in [0.29, 0.717) is 17.2 Å². The van der Waals surface area contributed by atoms with Gasteiger partial charge in [-0.25, -0.2) is 0 Å². The average molecular weight is 266 g/mol. The van der Waals surface area contributed by atoms with Gasteiger partial charge < -0.3 is 11.1 Å². The van der Waals surface area contributed by atoms with Gasteiger partial charge in [-0.05, 0) is 42.7 Å². The quantitative estimate of drug-likeness (QED) is 0.839. The van der Waals surface area contributed by atoms with Crippen molar-refractivity contribution in [3.63, 3.8) is 0 Å². The lowest BCUT2D eigenvalue weighted by Gasteiger charge is -2.08. The van der Waals surface area contributed by atoms with Crippen molar-refractivity contribution in [2.24, 2.45) is 0 Å². The Hall–Kier alpha value is -2.29. The molecular weight excluding hydrogens is 248 g/mol. The first-order valence-corrected chi connectivity index (χ1v) is 6.87. The predicted molar refractivity (Wildman–Crippen MR) is 80.6 cm³/mol. The van der Waals surface area contributed by atoms with E-state index in [2.05, 4.69) is 17.4 Å². The molecule has 1 amide bonds. The number of amides is 1. The Morgan fingerprint density at radius 1 is 1.20 bits per heavy atom. The second-order valence-electron chi connectivity index (χ2n) is 5.41. The van der Waals surface area contributed by atoms with Crippen molar-refractivity contribution in [2.75, 3.05) is 5.73 Å². The summed E-state index contributed by atoms with van der Waals surface area (Å²) in [6.45, 7) is 1.91. The van der Waals surface area contributed by atoms with E-state index in [0.717, 1.165) is 12.0 Å². The van der Waals surface area contributed by atoms with Crippen LogP contribution in [0, 0.1) is 6.92 Å². The van der Waals surface area contributed by atoms with E-state index in [4.69, 9.17) is 5.73 Å². The molecule has 2 atom stereocenters. The molecule has 0 bridgehead atoms. The summed E-state index contributed by atoms with van der Waals surface area (Å²) >= 11 is 0. The van der Waals surface area contributed by atoms with E-state index in [-0.39, 0.29) is 11.9 Å². The van der Waals surface area contributed by atoms with E-state index in [1.54, 1.807) is 12.1 Å². The van der Waals surface area contributed by atoms with E-state index in [1.165, 1.54) is 5.56 Å². The van der Waals surface area contributed by atoms with Crippen LogP contribution >= 0.6 is 0 Å². The number of carbonyl (C=O) groups excluding carboxylic acids is 1. The summed E-state index contributed by atoms with van der Waals surface area (Å²) in [5.74, 6) is 0.445. The number of rotatable bonds is 3. The average Bonchev–Trinajstić information content (AvgIpc) is 3.18. The maximum absolute atomic E-state index is 12.3. The molecule has 0 aromatic heterocycles. The van der Waals surface area contributed by atoms with Gasteiger partial charge in [-0.3, -0.25) is 4.79 Å². The van der Waals surface area contributed by atoms with Crippen LogP contribution in [0.1, 0.15) is 33.8 Å². The summed E-state index contributed by atoms with van der Waals surface area (Å²) in [7, 11) is 0. The second-order valence-corrected chi connectivity index (χ2v) is 5.41. The number of carbonyl (C=O) groups is 1. The molecular formula is C17H18N2O. The van der Waals surface area contributed by atoms with Gasteiger partial charge >= 0.3 is 0 Å². The highest BCUT2D eigenvalue weighted by Gasteiger charge is 2.39. The summed E-state index contributed by atoms with van der Waals surface area (Å²) in [6, 6.07) is 16.0. The van der Waals surface area contributed by atoms with Crippen LogP contribution in [0.3, 0.4) is 0 Å². The Labute approximate surface area is 118 Å². The number of hydrogen-bond acceptors (Lipinski definition) is 2.